The fraction of sp³-hybridized carbons (Fsp3) is 0.667. The number of aliphatic hydroxyl groups is 1. The second kappa shape index (κ2) is 7.89. The molecule has 3 heterocycles. The van der Waals surface area contributed by atoms with Gasteiger partial charge in [-0.05, 0) is 63.0 Å². The number of fused-ring (bicyclic) bond motifs is 3. The Kier molecular flexibility index (Phi) is 5.13. The van der Waals surface area contributed by atoms with Crippen molar-refractivity contribution in [3.8, 4) is 0 Å². The molecule has 4 aliphatic rings. The molecule has 152 valence electrons. The van der Waals surface area contributed by atoms with E-state index in [0.717, 1.165) is 31.2 Å². The Bertz CT molecular complexity index is 748. The molecule has 2 saturated carbocycles. The Balaban J connectivity index is 1.15. The van der Waals surface area contributed by atoms with Crippen LogP contribution in [0.3, 0.4) is 0 Å². The standard InChI is InChI=1S/C21H32N6O/c28-18-4-2-1-3-16(18)12-22-11-14-5-7-15(8-6-14)19-20-17-9-10-23-21(17)24-13-27(20)26-25-19/h9-10,13-16,18,22-23,25-26,28H,1-8,11-12H2/t14-,15-,16-,18-/m0/s1. The highest BCUT2D eigenvalue weighted by atomic mass is 16.3. The van der Waals surface area contributed by atoms with Crippen molar-refractivity contribution >= 4 is 17.9 Å². The topological polar surface area (TPSA) is 87.7 Å². The summed E-state index contributed by atoms with van der Waals surface area (Å²) in [6, 6.07) is 2.11. The van der Waals surface area contributed by atoms with Crippen molar-refractivity contribution < 1.29 is 5.11 Å². The van der Waals surface area contributed by atoms with E-state index in [4.69, 9.17) is 0 Å². The summed E-state index contributed by atoms with van der Waals surface area (Å²) < 4.78 is 0. The predicted molar refractivity (Wildman–Crippen MR) is 110 cm³/mol. The Morgan fingerprint density at radius 3 is 2.82 bits per heavy atom. The van der Waals surface area contributed by atoms with E-state index in [1.807, 2.05) is 17.5 Å². The number of nitrogens with zero attached hydrogens (tertiary/aromatic N) is 2. The Labute approximate surface area is 166 Å². The lowest BCUT2D eigenvalue weighted by Crippen LogP contribution is -2.38. The van der Waals surface area contributed by atoms with Crippen LogP contribution in [0.25, 0.3) is 5.70 Å². The Hall–Kier alpha value is -1.83. The minimum atomic E-state index is -0.0911. The van der Waals surface area contributed by atoms with Gasteiger partial charge in [-0.1, -0.05) is 12.8 Å². The highest BCUT2D eigenvalue weighted by Crippen LogP contribution is 2.40. The molecular weight excluding hydrogens is 352 g/mol. The van der Waals surface area contributed by atoms with Crippen molar-refractivity contribution in [2.45, 2.75) is 57.5 Å². The molecule has 0 amide bonds. The summed E-state index contributed by atoms with van der Waals surface area (Å²) >= 11 is 0. The van der Waals surface area contributed by atoms with E-state index in [9.17, 15) is 5.11 Å². The molecule has 28 heavy (non-hydrogen) atoms. The van der Waals surface area contributed by atoms with E-state index < -0.39 is 0 Å². The fourth-order valence-electron chi connectivity index (χ4n) is 5.35. The van der Waals surface area contributed by atoms with E-state index in [2.05, 4.69) is 32.3 Å². The summed E-state index contributed by atoms with van der Waals surface area (Å²) in [7, 11) is 0. The first-order valence-corrected chi connectivity index (χ1v) is 11.0. The molecule has 1 aromatic rings. The lowest BCUT2D eigenvalue weighted by molar-refractivity contribution is 0.0687. The van der Waals surface area contributed by atoms with Crippen LogP contribution in [-0.4, -0.2) is 40.6 Å². The van der Waals surface area contributed by atoms with Crippen molar-refractivity contribution in [2.75, 3.05) is 13.1 Å². The van der Waals surface area contributed by atoms with Crippen molar-refractivity contribution in [3.63, 3.8) is 0 Å². The number of nitrogens with one attached hydrogen (secondary N) is 4. The first-order chi connectivity index (χ1) is 13.8. The van der Waals surface area contributed by atoms with Crippen molar-refractivity contribution in [1.29, 1.82) is 0 Å². The molecule has 0 radical (unpaired) electrons. The highest BCUT2D eigenvalue weighted by molar-refractivity contribution is 5.87. The van der Waals surface area contributed by atoms with Gasteiger partial charge in [0.1, 0.15) is 12.2 Å². The normalized spacial score (nSPS) is 32.2. The number of rotatable bonds is 5. The fourth-order valence-corrected chi connectivity index (χ4v) is 5.35. The summed E-state index contributed by atoms with van der Waals surface area (Å²) in [6.07, 6.45) is 13.3. The molecule has 0 saturated heterocycles. The number of hydrogen-bond donors (Lipinski definition) is 5. The van der Waals surface area contributed by atoms with Gasteiger partial charge < -0.3 is 20.8 Å². The molecule has 2 aliphatic heterocycles. The monoisotopic (exact) mass is 384 g/mol. The molecule has 0 spiro atoms. The molecule has 2 fully saturated rings. The van der Waals surface area contributed by atoms with Crippen LogP contribution < -0.4 is 16.3 Å². The van der Waals surface area contributed by atoms with E-state index in [1.165, 1.54) is 61.9 Å². The number of aromatic nitrogens is 1. The number of hydrogen-bond acceptors (Lipinski definition) is 6. The zero-order chi connectivity index (χ0) is 18.9. The summed E-state index contributed by atoms with van der Waals surface area (Å²) in [6.45, 7) is 2.07. The van der Waals surface area contributed by atoms with Crippen LogP contribution in [0.4, 0.5) is 5.82 Å². The minimum Gasteiger partial charge on any atom is -0.393 e. The molecule has 7 nitrogen and oxygen atoms in total. The van der Waals surface area contributed by atoms with Crippen LogP contribution in [0.15, 0.2) is 23.0 Å². The lowest BCUT2D eigenvalue weighted by atomic mass is 9.79. The van der Waals surface area contributed by atoms with Crippen molar-refractivity contribution in [1.82, 2.24) is 26.3 Å². The SMILES string of the molecule is O[C@H]1CCCC[C@H]1CNC[C@H]1CC[C@H](C2=C3c4cc[nH]c4N=CN3NN2)CC1. The summed E-state index contributed by atoms with van der Waals surface area (Å²) in [5.41, 5.74) is 10.3. The van der Waals surface area contributed by atoms with Crippen molar-refractivity contribution in [2.24, 2.45) is 22.7 Å². The lowest BCUT2D eigenvalue weighted by Gasteiger charge is -2.31. The van der Waals surface area contributed by atoms with Gasteiger partial charge in [-0.3, -0.25) is 0 Å². The van der Waals surface area contributed by atoms with Crippen LogP contribution in [0, 0.1) is 17.8 Å². The molecule has 0 bridgehead atoms. The van der Waals surface area contributed by atoms with Gasteiger partial charge in [0.25, 0.3) is 0 Å². The number of allylic oxidation sites excluding steroid dienone is 1. The van der Waals surface area contributed by atoms with Crippen LogP contribution in [0.5, 0.6) is 0 Å². The van der Waals surface area contributed by atoms with Crippen molar-refractivity contribution in [3.05, 3.63) is 23.5 Å². The van der Waals surface area contributed by atoms with E-state index in [-0.39, 0.29) is 6.10 Å². The van der Waals surface area contributed by atoms with Gasteiger partial charge >= 0.3 is 0 Å². The third-order valence-electron chi connectivity index (χ3n) is 7.05. The molecule has 0 aromatic carbocycles. The van der Waals surface area contributed by atoms with Crippen LogP contribution in [0.1, 0.15) is 56.9 Å². The third kappa shape index (κ3) is 3.47. The highest BCUT2D eigenvalue weighted by Gasteiger charge is 2.34. The second-order valence-electron chi connectivity index (χ2n) is 8.84. The van der Waals surface area contributed by atoms with Gasteiger partial charge in [-0.2, -0.15) is 0 Å². The Morgan fingerprint density at radius 1 is 1.11 bits per heavy atom. The van der Waals surface area contributed by atoms with Gasteiger partial charge in [-0.25, -0.2) is 10.0 Å². The molecule has 5 rings (SSSR count). The quantitative estimate of drug-likeness (QED) is 0.539. The molecule has 1 aromatic heterocycles. The molecule has 0 unspecified atom stereocenters. The average Bonchev–Trinajstić information content (AvgIpc) is 3.36. The van der Waals surface area contributed by atoms with E-state index >= 15 is 0 Å². The van der Waals surface area contributed by atoms with Gasteiger partial charge in [0.2, 0.25) is 0 Å². The Morgan fingerprint density at radius 2 is 1.96 bits per heavy atom. The van der Waals surface area contributed by atoms with Crippen LogP contribution >= 0.6 is 0 Å². The third-order valence-corrected chi connectivity index (χ3v) is 7.05. The van der Waals surface area contributed by atoms with Crippen LogP contribution in [-0.2, 0) is 0 Å². The number of aliphatic imine (C=N–C) groups is 1. The van der Waals surface area contributed by atoms with Gasteiger partial charge in [-0.15, -0.1) is 5.53 Å². The number of aliphatic hydroxyl groups excluding tert-OH is 1. The number of hydrazine groups is 2. The molecular formula is C21H32N6O. The maximum Gasteiger partial charge on any atom is 0.141 e. The summed E-state index contributed by atoms with van der Waals surface area (Å²) in [4.78, 5) is 7.66. The van der Waals surface area contributed by atoms with Gasteiger partial charge in [0, 0.05) is 24.2 Å². The smallest absolute Gasteiger partial charge is 0.141 e. The van der Waals surface area contributed by atoms with Crippen LogP contribution in [0.2, 0.25) is 0 Å². The molecule has 5 N–H and O–H groups in total. The summed E-state index contributed by atoms with van der Waals surface area (Å²) in [5.74, 6) is 2.72. The first kappa shape index (κ1) is 18.2. The largest absolute Gasteiger partial charge is 0.393 e. The second-order valence-corrected chi connectivity index (χ2v) is 8.84. The molecule has 2 aliphatic carbocycles. The minimum absolute atomic E-state index is 0.0911. The van der Waals surface area contributed by atoms with Gasteiger partial charge in [0.15, 0.2) is 0 Å². The molecule has 2 atom stereocenters. The predicted octanol–water partition coefficient (Wildman–Crippen LogP) is 2.63. The number of aromatic amines is 1. The maximum atomic E-state index is 10.1. The number of H-pyrrole nitrogens is 1. The maximum absolute atomic E-state index is 10.1. The summed E-state index contributed by atoms with van der Waals surface area (Å²) in [5, 5.41) is 15.8. The molecule has 7 heteroatoms. The first-order valence-electron chi connectivity index (χ1n) is 11.0. The van der Waals surface area contributed by atoms with E-state index in [1.54, 1.807) is 0 Å². The zero-order valence-corrected chi connectivity index (χ0v) is 16.5. The average molecular weight is 385 g/mol. The zero-order valence-electron chi connectivity index (χ0n) is 16.5. The van der Waals surface area contributed by atoms with Gasteiger partial charge in [0.05, 0.1) is 17.5 Å². The van der Waals surface area contributed by atoms with E-state index in [0.29, 0.717) is 11.8 Å².